The third-order valence-corrected chi connectivity index (χ3v) is 4.25. The van der Waals surface area contributed by atoms with E-state index in [2.05, 4.69) is 10.1 Å². The Labute approximate surface area is 169 Å². The lowest BCUT2D eigenvalue weighted by atomic mass is 10.1. The lowest BCUT2D eigenvalue weighted by Gasteiger charge is -2.18. The SMILES string of the molecule is COc1ccc(CCNC(=O)c2cc3c(cc2[N+](=O)[O-])OCCO3)cc1OC(F)F. The molecule has 0 aromatic heterocycles. The second-order valence-electron chi connectivity index (χ2n) is 6.14. The highest BCUT2D eigenvalue weighted by Crippen LogP contribution is 2.36. The van der Waals surface area contributed by atoms with E-state index in [1.54, 1.807) is 6.07 Å². The number of alkyl halides is 2. The first-order valence-corrected chi connectivity index (χ1v) is 8.87. The maximum Gasteiger partial charge on any atom is 0.387 e. The predicted octanol–water partition coefficient (Wildman–Crippen LogP) is 2.95. The van der Waals surface area contributed by atoms with Gasteiger partial charge in [0.15, 0.2) is 23.0 Å². The fourth-order valence-electron chi connectivity index (χ4n) is 2.89. The van der Waals surface area contributed by atoms with Gasteiger partial charge in [0.2, 0.25) is 0 Å². The van der Waals surface area contributed by atoms with E-state index in [1.165, 1.54) is 25.3 Å². The number of nitro groups is 1. The van der Waals surface area contributed by atoms with Crippen molar-refractivity contribution in [2.24, 2.45) is 0 Å². The minimum Gasteiger partial charge on any atom is -0.493 e. The molecular formula is C19H18F2N2O7. The molecule has 0 saturated heterocycles. The van der Waals surface area contributed by atoms with Gasteiger partial charge in [-0.25, -0.2) is 0 Å². The van der Waals surface area contributed by atoms with Crippen LogP contribution in [0.5, 0.6) is 23.0 Å². The van der Waals surface area contributed by atoms with Crippen LogP contribution < -0.4 is 24.3 Å². The van der Waals surface area contributed by atoms with E-state index in [0.717, 1.165) is 6.07 Å². The Kier molecular flexibility index (Phi) is 6.50. The van der Waals surface area contributed by atoms with Crippen LogP contribution in [-0.2, 0) is 6.42 Å². The first kappa shape index (κ1) is 21.1. The van der Waals surface area contributed by atoms with Crippen molar-refractivity contribution < 1.29 is 37.4 Å². The van der Waals surface area contributed by atoms with Crippen molar-refractivity contribution >= 4 is 11.6 Å². The maximum absolute atomic E-state index is 12.5. The summed E-state index contributed by atoms with van der Waals surface area (Å²) < 4.78 is 45.1. The highest BCUT2D eigenvalue weighted by molar-refractivity contribution is 5.99. The maximum atomic E-state index is 12.5. The summed E-state index contributed by atoms with van der Waals surface area (Å²) in [6, 6.07) is 6.91. The molecule has 0 bridgehead atoms. The quantitative estimate of drug-likeness (QED) is 0.513. The van der Waals surface area contributed by atoms with Gasteiger partial charge in [-0.05, 0) is 24.1 Å². The number of carbonyl (C=O) groups is 1. The number of amides is 1. The molecule has 0 aliphatic carbocycles. The van der Waals surface area contributed by atoms with E-state index in [9.17, 15) is 23.7 Å². The molecule has 2 aromatic rings. The van der Waals surface area contributed by atoms with Crippen LogP contribution in [0.3, 0.4) is 0 Å². The van der Waals surface area contributed by atoms with E-state index in [-0.39, 0.29) is 54.7 Å². The average Bonchev–Trinajstić information content (AvgIpc) is 2.72. The van der Waals surface area contributed by atoms with Gasteiger partial charge in [-0.2, -0.15) is 8.78 Å². The van der Waals surface area contributed by atoms with Crippen molar-refractivity contribution in [1.29, 1.82) is 0 Å². The van der Waals surface area contributed by atoms with Crippen molar-refractivity contribution in [3.8, 4) is 23.0 Å². The van der Waals surface area contributed by atoms with Crippen molar-refractivity contribution in [2.75, 3.05) is 26.9 Å². The minimum absolute atomic E-state index is 0.102. The van der Waals surface area contributed by atoms with Gasteiger partial charge in [0, 0.05) is 12.6 Å². The molecule has 0 unspecified atom stereocenters. The normalized spacial score (nSPS) is 12.4. The summed E-state index contributed by atoms with van der Waals surface area (Å²) >= 11 is 0. The second-order valence-corrected chi connectivity index (χ2v) is 6.14. The number of nitrogens with one attached hydrogen (secondary N) is 1. The molecular weight excluding hydrogens is 406 g/mol. The molecule has 0 saturated carbocycles. The number of rotatable bonds is 8. The largest absolute Gasteiger partial charge is 0.493 e. The van der Waals surface area contributed by atoms with E-state index < -0.39 is 23.1 Å². The van der Waals surface area contributed by atoms with Gasteiger partial charge in [0.05, 0.1) is 18.1 Å². The van der Waals surface area contributed by atoms with Crippen LogP contribution in [0, 0.1) is 10.1 Å². The van der Waals surface area contributed by atoms with E-state index in [0.29, 0.717) is 5.56 Å². The summed E-state index contributed by atoms with van der Waals surface area (Å²) in [6.07, 6.45) is 0.272. The Bertz CT molecular complexity index is 953. The molecule has 0 fully saturated rings. The first-order valence-electron chi connectivity index (χ1n) is 8.87. The lowest BCUT2D eigenvalue weighted by molar-refractivity contribution is -0.385. The van der Waals surface area contributed by atoms with Crippen molar-refractivity contribution in [3.63, 3.8) is 0 Å². The van der Waals surface area contributed by atoms with Gasteiger partial charge in [-0.1, -0.05) is 6.07 Å². The molecule has 2 aromatic carbocycles. The number of methoxy groups -OCH3 is 1. The van der Waals surface area contributed by atoms with Gasteiger partial charge in [0.1, 0.15) is 18.8 Å². The molecule has 0 spiro atoms. The highest BCUT2D eigenvalue weighted by Gasteiger charge is 2.26. The number of halogens is 2. The molecule has 1 heterocycles. The summed E-state index contributed by atoms with van der Waals surface area (Å²) in [6.45, 7) is -2.38. The molecule has 160 valence electrons. The van der Waals surface area contributed by atoms with Crippen LogP contribution in [0.25, 0.3) is 0 Å². The third kappa shape index (κ3) is 4.85. The van der Waals surface area contributed by atoms with Crippen LogP contribution in [0.2, 0.25) is 0 Å². The lowest BCUT2D eigenvalue weighted by Crippen LogP contribution is -2.27. The number of ether oxygens (including phenoxy) is 4. The number of hydrogen-bond acceptors (Lipinski definition) is 7. The number of benzene rings is 2. The molecule has 1 aliphatic rings. The Morgan fingerprint density at radius 2 is 1.90 bits per heavy atom. The van der Waals surface area contributed by atoms with Crippen molar-refractivity contribution in [2.45, 2.75) is 13.0 Å². The molecule has 9 nitrogen and oxygen atoms in total. The summed E-state index contributed by atoms with van der Waals surface area (Å²) in [5, 5.41) is 13.9. The van der Waals surface area contributed by atoms with Crippen LogP contribution in [0.15, 0.2) is 30.3 Å². The average molecular weight is 424 g/mol. The second kappa shape index (κ2) is 9.25. The van der Waals surface area contributed by atoms with Crippen LogP contribution in [0.4, 0.5) is 14.5 Å². The first-order chi connectivity index (χ1) is 14.4. The number of fused-ring (bicyclic) bond motifs is 1. The zero-order valence-electron chi connectivity index (χ0n) is 15.9. The molecule has 3 rings (SSSR count). The fraction of sp³-hybridized carbons (Fsp3) is 0.316. The third-order valence-electron chi connectivity index (χ3n) is 4.25. The van der Waals surface area contributed by atoms with E-state index in [4.69, 9.17) is 14.2 Å². The summed E-state index contributed by atoms with van der Waals surface area (Å²) in [7, 11) is 1.33. The van der Waals surface area contributed by atoms with Gasteiger partial charge in [-0.15, -0.1) is 0 Å². The van der Waals surface area contributed by atoms with E-state index >= 15 is 0 Å². The van der Waals surface area contributed by atoms with Crippen LogP contribution in [0.1, 0.15) is 15.9 Å². The summed E-state index contributed by atoms with van der Waals surface area (Å²) in [5.74, 6) is -0.194. The van der Waals surface area contributed by atoms with E-state index in [1.807, 2.05) is 0 Å². The Morgan fingerprint density at radius 3 is 2.53 bits per heavy atom. The molecule has 1 aliphatic heterocycles. The Hall–Kier alpha value is -3.63. The minimum atomic E-state index is -3.01. The Balaban J connectivity index is 1.70. The molecule has 0 radical (unpaired) electrons. The van der Waals surface area contributed by atoms with Gasteiger partial charge < -0.3 is 24.3 Å². The molecule has 30 heavy (non-hydrogen) atoms. The molecule has 0 atom stereocenters. The standard InChI is InChI=1S/C19H18F2N2O7/c1-27-14-3-2-11(8-17(14)30-19(20)21)4-5-22-18(24)12-9-15-16(29-7-6-28-15)10-13(12)23(25)26/h2-3,8-10,19H,4-7H2,1H3,(H,22,24). The number of nitro benzene ring substituents is 1. The molecule has 11 heteroatoms. The van der Waals surface area contributed by atoms with Gasteiger partial charge in [0.25, 0.3) is 11.6 Å². The number of hydrogen-bond donors (Lipinski definition) is 1. The monoisotopic (exact) mass is 424 g/mol. The number of nitrogens with zero attached hydrogens (tertiary/aromatic N) is 1. The summed E-state index contributed by atoms with van der Waals surface area (Å²) in [4.78, 5) is 23.2. The van der Waals surface area contributed by atoms with Crippen LogP contribution >= 0.6 is 0 Å². The molecule has 1 N–H and O–H groups in total. The summed E-state index contributed by atoms with van der Waals surface area (Å²) in [5.41, 5.74) is 0.0259. The van der Waals surface area contributed by atoms with Gasteiger partial charge in [-0.3, -0.25) is 14.9 Å². The zero-order chi connectivity index (χ0) is 21.7. The highest BCUT2D eigenvalue weighted by atomic mass is 19.3. The Morgan fingerprint density at radius 1 is 1.20 bits per heavy atom. The fourth-order valence-corrected chi connectivity index (χ4v) is 2.89. The topological polar surface area (TPSA) is 109 Å². The smallest absolute Gasteiger partial charge is 0.387 e. The number of carbonyl (C=O) groups excluding carboxylic acids is 1. The van der Waals surface area contributed by atoms with Crippen molar-refractivity contribution in [1.82, 2.24) is 5.32 Å². The molecule has 1 amide bonds. The van der Waals surface area contributed by atoms with Crippen LogP contribution in [-0.4, -0.2) is 44.3 Å². The van der Waals surface area contributed by atoms with Gasteiger partial charge >= 0.3 is 6.61 Å². The zero-order valence-corrected chi connectivity index (χ0v) is 15.9. The van der Waals surface area contributed by atoms with Crippen molar-refractivity contribution in [3.05, 3.63) is 51.6 Å². The predicted molar refractivity (Wildman–Crippen MR) is 99.7 cm³/mol.